The van der Waals surface area contributed by atoms with Crippen LogP contribution in [0.4, 0.5) is 0 Å². The van der Waals surface area contributed by atoms with Gasteiger partial charge < -0.3 is 9.97 Å². The summed E-state index contributed by atoms with van der Waals surface area (Å²) in [5.74, 6) is 0.489. The number of fused-ring (bicyclic) bond motifs is 1. The lowest BCUT2D eigenvalue weighted by Gasteiger charge is -1.91. The van der Waals surface area contributed by atoms with E-state index in [4.69, 9.17) is 0 Å². The second-order valence-corrected chi connectivity index (χ2v) is 3.37. The molecule has 0 aliphatic heterocycles. The van der Waals surface area contributed by atoms with E-state index < -0.39 is 0 Å². The largest absolute Gasteiger partial charge is 0.336 e. The maximum Gasteiger partial charge on any atom is 0.277 e. The summed E-state index contributed by atoms with van der Waals surface area (Å²) in [7, 11) is 0. The molecule has 0 amide bonds. The lowest BCUT2D eigenvalue weighted by molar-refractivity contribution is 1.12. The number of para-hydroxylation sites is 2. The van der Waals surface area contributed by atoms with Crippen LogP contribution >= 0.6 is 0 Å². The van der Waals surface area contributed by atoms with Crippen molar-refractivity contribution in [3.05, 3.63) is 47.0 Å². The Bertz CT molecular complexity index is 665. The molecule has 0 aliphatic carbocycles. The van der Waals surface area contributed by atoms with E-state index in [0.717, 1.165) is 11.0 Å². The minimum atomic E-state index is -0.249. The van der Waals surface area contributed by atoms with E-state index in [-0.39, 0.29) is 5.56 Å². The van der Waals surface area contributed by atoms with Crippen LogP contribution < -0.4 is 5.56 Å². The molecule has 5 nitrogen and oxygen atoms in total. The molecule has 0 atom stereocenters. The number of aromatic amines is 2. The van der Waals surface area contributed by atoms with Gasteiger partial charge in [0, 0.05) is 12.4 Å². The lowest BCUT2D eigenvalue weighted by Crippen LogP contribution is -2.10. The van der Waals surface area contributed by atoms with E-state index in [9.17, 15) is 4.79 Å². The molecule has 3 rings (SSSR count). The molecule has 0 spiro atoms. The third-order valence-electron chi connectivity index (χ3n) is 2.32. The van der Waals surface area contributed by atoms with Crippen LogP contribution in [0.15, 0.2) is 41.5 Å². The molecule has 16 heavy (non-hydrogen) atoms. The van der Waals surface area contributed by atoms with Gasteiger partial charge in [0.25, 0.3) is 5.56 Å². The first-order valence-electron chi connectivity index (χ1n) is 4.83. The van der Waals surface area contributed by atoms with Gasteiger partial charge in [-0.2, -0.15) is 0 Å². The number of H-pyrrole nitrogens is 2. The first-order valence-corrected chi connectivity index (χ1v) is 4.83. The van der Waals surface area contributed by atoms with Crippen LogP contribution in [0.25, 0.3) is 22.6 Å². The highest BCUT2D eigenvalue weighted by atomic mass is 16.1. The second kappa shape index (κ2) is 3.30. The van der Waals surface area contributed by atoms with Crippen molar-refractivity contribution in [2.45, 2.75) is 0 Å². The average molecular weight is 212 g/mol. The quantitative estimate of drug-likeness (QED) is 0.638. The van der Waals surface area contributed by atoms with Crippen molar-refractivity contribution in [2.24, 2.45) is 0 Å². The highest BCUT2D eigenvalue weighted by molar-refractivity contribution is 5.78. The van der Waals surface area contributed by atoms with Gasteiger partial charge in [-0.25, -0.2) is 9.97 Å². The molecule has 2 aromatic heterocycles. The fraction of sp³-hybridized carbons (Fsp3) is 0. The van der Waals surface area contributed by atoms with Gasteiger partial charge >= 0.3 is 0 Å². The number of hydrogen-bond acceptors (Lipinski definition) is 3. The zero-order valence-corrected chi connectivity index (χ0v) is 8.27. The van der Waals surface area contributed by atoms with Crippen LogP contribution in [0.2, 0.25) is 0 Å². The Kier molecular flexibility index (Phi) is 1.83. The van der Waals surface area contributed by atoms with Crippen molar-refractivity contribution >= 4 is 11.0 Å². The van der Waals surface area contributed by atoms with Gasteiger partial charge in [0.2, 0.25) is 0 Å². The topological polar surface area (TPSA) is 74.4 Å². The van der Waals surface area contributed by atoms with Gasteiger partial charge in [-0.05, 0) is 12.1 Å². The van der Waals surface area contributed by atoms with E-state index in [2.05, 4.69) is 19.9 Å². The average Bonchev–Trinajstić information content (AvgIpc) is 2.73. The SMILES string of the molecule is O=c1[nH]ccnc1-c1nc2ccccc2[nH]1. The second-order valence-electron chi connectivity index (χ2n) is 3.37. The van der Waals surface area contributed by atoms with Gasteiger partial charge in [0.05, 0.1) is 11.0 Å². The summed E-state index contributed by atoms with van der Waals surface area (Å²) in [6.45, 7) is 0. The van der Waals surface area contributed by atoms with Gasteiger partial charge in [0.1, 0.15) is 0 Å². The summed E-state index contributed by atoms with van der Waals surface area (Å²) in [4.78, 5) is 25.5. The number of imidazole rings is 1. The Balaban J connectivity index is 2.27. The molecule has 5 heteroatoms. The minimum Gasteiger partial charge on any atom is -0.336 e. The molecule has 3 aromatic rings. The molecular formula is C11H8N4O. The fourth-order valence-corrected chi connectivity index (χ4v) is 1.59. The van der Waals surface area contributed by atoms with E-state index in [1.807, 2.05) is 24.3 Å². The highest BCUT2D eigenvalue weighted by Crippen LogP contribution is 2.15. The predicted octanol–water partition coefficient (Wildman–Crippen LogP) is 1.31. The molecule has 0 unspecified atom stereocenters. The minimum absolute atomic E-state index is 0.249. The van der Waals surface area contributed by atoms with Crippen LogP contribution in [0, 0.1) is 0 Å². The van der Waals surface area contributed by atoms with Crippen molar-refractivity contribution in [3.63, 3.8) is 0 Å². The normalized spacial score (nSPS) is 10.8. The molecule has 0 saturated carbocycles. The maximum absolute atomic E-state index is 11.5. The molecule has 1 aromatic carbocycles. The first-order chi connectivity index (χ1) is 7.84. The molecular weight excluding hydrogens is 204 g/mol. The van der Waals surface area contributed by atoms with E-state index >= 15 is 0 Å². The Morgan fingerprint density at radius 3 is 2.88 bits per heavy atom. The van der Waals surface area contributed by atoms with Crippen molar-refractivity contribution < 1.29 is 0 Å². The summed E-state index contributed by atoms with van der Waals surface area (Å²) >= 11 is 0. The highest BCUT2D eigenvalue weighted by Gasteiger charge is 2.08. The Hall–Kier alpha value is -2.43. The van der Waals surface area contributed by atoms with Crippen LogP contribution in [0.1, 0.15) is 0 Å². The van der Waals surface area contributed by atoms with E-state index in [0.29, 0.717) is 11.5 Å². The van der Waals surface area contributed by atoms with Crippen molar-refractivity contribution in [1.29, 1.82) is 0 Å². The summed E-state index contributed by atoms with van der Waals surface area (Å²) in [6, 6.07) is 7.60. The van der Waals surface area contributed by atoms with Crippen molar-refractivity contribution in [1.82, 2.24) is 19.9 Å². The fourth-order valence-electron chi connectivity index (χ4n) is 1.59. The van der Waals surface area contributed by atoms with Crippen LogP contribution in [0.5, 0.6) is 0 Å². The van der Waals surface area contributed by atoms with Gasteiger partial charge in [-0.1, -0.05) is 12.1 Å². The monoisotopic (exact) mass is 212 g/mol. The molecule has 0 fully saturated rings. The van der Waals surface area contributed by atoms with Crippen LogP contribution in [-0.2, 0) is 0 Å². The third-order valence-corrected chi connectivity index (χ3v) is 2.32. The van der Waals surface area contributed by atoms with Crippen LogP contribution in [-0.4, -0.2) is 19.9 Å². The maximum atomic E-state index is 11.5. The van der Waals surface area contributed by atoms with Gasteiger partial charge in [0.15, 0.2) is 11.5 Å². The Morgan fingerprint density at radius 2 is 2.06 bits per heavy atom. The molecule has 0 aliphatic rings. The number of hydrogen-bond donors (Lipinski definition) is 2. The lowest BCUT2D eigenvalue weighted by atomic mass is 10.3. The molecule has 0 saturated heterocycles. The molecule has 2 heterocycles. The number of aromatic nitrogens is 4. The zero-order chi connectivity index (χ0) is 11.0. The standard InChI is InChI=1S/C11H8N4O/c16-11-9(12-5-6-13-11)10-14-7-3-1-2-4-8(7)15-10/h1-6H,(H,13,16)(H,14,15). The molecule has 0 radical (unpaired) electrons. The van der Waals surface area contributed by atoms with E-state index in [1.54, 1.807) is 0 Å². The van der Waals surface area contributed by atoms with Gasteiger partial charge in [-0.3, -0.25) is 4.79 Å². The predicted molar refractivity (Wildman–Crippen MR) is 59.9 cm³/mol. The molecule has 78 valence electrons. The summed E-state index contributed by atoms with van der Waals surface area (Å²) in [5.41, 5.74) is 1.77. The Morgan fingerprint density at radius 1 is 1.19 bits per heavy atom. The van der Waals surface area contributed by atoms with Gasteiger partial charge in [-0.15, -0.1) is 0 Å². The number of rotatable bonds is 1. The molecule has 0 bridgehead atoms. The Labute approximate surface area is 90.2 Å². The van der Waals surface area contributed by atoms with E-state index in [1.165, 1.54) is 12.4 Å². The third kappa shape index (κ3) is 1.30. The zero-order valence-electron chi connectivity index (χ0n) is 8.27. The number of nitrogens with zero attached hydrogens (tertiary/aromatic N) is 2. The summed E-state index contributed by atoms with van der Waals surface area (Å²) in [6.07, 6.45) is 3.03. The van der Waals surface area contributed by atoms with Crippen molar-refractivity contribution in [2.75, 3.05) is 0 Å². The molecule has 2 N–H and O–H groups in total. The summed E-state index contributed by atoms with van der Waals surface area (Å²) < 4.78 is 0. The smallest absolute Gasteiger partial charge is 0.277 e. The van der Waals surface area contributed by atoms with Crippen molar-refractivity contribution in [3.8, 4) is 11.5 Å². The number of benzene rings is 1. The van der Waals surface area contributed by atoms with Crippen LogP contribution in [0.3, 0.4) is 0 Å². The first kappa shape index (κ1) is 8.84. The number of nitrogens with one attached hydrogen (secondary N) is 2. The summed E-state index contributed by atoms with van der Waals surface area (Å²) in [5, 5.41) is 0.